The van der Waals surface area contributed by atoms with E-state index >= 15 is 0 Å². The summed E-state index contributed by atoms with van der Waals surface area (Å²) in [5.41, 5.74) is -1.86. The van der Waals surface area contributed by atoms with Gasteiger partial charge in [0.2, 0.25) is 0 Å². The highest BCUT2D eigenvalue weighted by Gasteiger charge is 2.36. The van der Waals surface area contributed by atoms with Crippen LogP contribution >= 0.6 is 0 Å². The van der Waals surface area contributed by atoms with E-state index in [1.54, 1.807) is 39.0 Å². The van der Waals surface area contributed by atoms with Crippen molar-refractivity contribution in [2.75, 3.05) is 0 Å². The zero-order valence-electron chi connectivity index (χ0n) is 11.5. The van der Waals surface area contributed by atoms with Crippen molar-refractivity contribution in [2.24, 2.45) is 0 Å². The number of hydrogen-bond donors (Lipinski definition) is 4. The zero-order valence-corrected chi connectivity index (χ0v) is 11.5. The predicted molar refractivity (Wildman–Crippen MR) is 71.8 cm³/mol. The number of benzene rings is 1. The van der Waals surface area contributed by atoms with Crippen LogP contribution in [-0.4, -0.2) is 39.1 Å². The third kappa shape index (κ3) is 6.16. The Kier molecular flexibility index (Phi) is 7.22. The molecule has 1 unspecified atom stereocenters. The van der Waals surface area contributed by atoms with Crippen LogP contribution in [0.15, 0.2) is 24.3 Å². The number of halogens is 1. The van der Waals surface area contributed by atoms with Gasteiger partial charge >= 0.3 is 7.69 Å². The average molecular weight is 271 g/mol. The van der Waals surface area contributed by atoms with E-state index in [1.165, 1.54) is 6.07 Å². The topological polar surface area (TPSA) is 80.9 Å². The van der Waals surface area contributed by atoms with E-state index in [9.17, 15) is 14.6 Å². The Bertz CT molecular complexity index is 377. The number of hydrogen-bond acceptors (Lipinski definition) is 4. The minimum absolute atomic E-state index is 0. The van der Waals surface area contributed by atoms with Crippen molar-refractivity contribution in [3.05, 3.63) is 35.6 Å². The summed E-state index contributed by atoms with van der Waals surface area (Å²) in [5.74, 6) is -0.269. The second-order valence-electron chi connectivity index (χ2n) is 5.04. The molecule has 0 saturated heterocycles. The molecule has 1 aromatic rings. The Morgan fingerprint density at radius 1 is 1.11 bits per heavy atom. The maximum absolute atomic E-state index is 13.3. The molecule has 4 N–H and O–H groups in total. The molecular formula is C13H21BFO4. The molecule has 0 amide bonds. The van der Waals surface area contributed by atoms with Crippen LogP contribution in [0.5, 0.6) is 0 Å². The van der Waals surface area contributed by atoms with E-state index in [-0.39, 0.29) is 13.5 Å². The molecule has 0 spiro atoms. The van der Waals surface area contributed by atoms with Gasteiger partial charge in [0.05, 0.1) is 11.2 Å². The van der Waals surface area contributed by atoms with Gasteiger partial charge in [-0.05, 0) is 45.2 Å². The minimum Gasteiger partial charge on any atom is -0.429 e. The highest BCUT2D eigenvalue weighted by atomic mass is 19.1. The first-order chi connectivity index (χ1) is 8.65. The molecule has 19 heavy (non-hydrogen) atoms. The van der Waals surface area contributed by atoms with Gasteiger partial charge in [0.1, 0.15) is 5.82 Å². The largest absolute Gasteiger partial charge is 0.482 e. The number of rotatable bonds is 4. The van der Waals surface area contributed by atoms with Crippen molar-refractivity contribution >= 4 is 7.69 Å². The van der Waals surface area contributed by atoms with E-state index in [1.807, 2.05) is 0 Å². The van der Waals surface area contributed by atoms with Gasteiger partial charge in [-0.1, -0.05) is 18.2 Å². The van der Waals surface area contributed by atoms with Crippen LogP contribution in [0.2, 0.25) is 0 Å². The summed E-state index contributed by atoms with van der Waals surface area (Å²) < 4.78 is 13.3. The van der Waals surface area contributed by atoms with E-state index in [4.69, 9.17) is 10.0 Å². The van der Waals surface area contributed by atoms with Crippen molar-refractivity contribution in [3.63, 3.8) is 0 Å². The Labute approximate surface area is 113 Å². The quantitative estimate of drug-likeness (QED) is 0.610. The first-order valence-electron chi connectivity index (χ1n) is 5.94. The maximum atomic E-state index is 13.3. The summed E-state index contributed by atoms with van der Waals surface area (Å²) in [6, 6.07) is 6.48. The van der Waals surface area contributed by atoms with Gasteiger partial charge in [0, 0.05) is 0 Å². The first-order valence-corrected chi connectivity index (χ1v) is 5.94. The number of aliphatic hydroxyl groups is 2. The van der Waals surface area contributed by atoms with Crippen molar-refractivity contribution in [2.45, 2.75) is 44.8 Å². The number of aryl methyl sites for hydroxylation is 1. The van der Waals surface area contributed by atoms with E-state index in [0.29, 0.717) is 18.4 Å². The fourth-order valence-electron chi connectivity index (χ4n) is 1.39. The molecule has 1 aromatic carbocycles. The lowest BCUT2D eigenvalue weighted by Gasteiger charge is -2.35. The summed E-state index contributed by atoms with van der Waals surface area (Å²) in [4.78, 5) is 0. The maximum Gasteiger partial charge on any atom is 0.482 e. The Balaban J connectivity index is 0.000000982. The normalized spacial score (nSPS) is 14.1. The van der Waals surface area contributed by atoms with Gasteiger partial charge in [-0.25, -0.2) is 4.39 Å². The van der Waals surface area contributed by atoms with Gasteiger partial charge in [-0.15, -0.1) is 0 Å². The minimum atomic E-state index is -1.23. The van der Waals surface area contributed by atoms with E-state index in [0.717, 1.165) is 0 Å². The average Bonchev–Trinajstić information content (AvgIpc) is 2.27. The van der Waals surface area contributed by atoms with Crippen molar-refractivity contribution < 1.29 is 24.7 Å². The van der Waals surface area contributed by atoms with Crippen LogP contribution in [0.1, 0.15) is 32.8 Å². The molecule has 4 nitrogen and oxygen atoms in total. The zero-order chi connectivity index (χ0) is 15.1. The monoisotopic (exact) mass is 271 g/mol. The Hall–Kier alpha value is -0.945. The van der Waals surface area contributed by atoms with Crippen molar-refractivity contribution in [1.82, 2.24) is 0 Å². The first kappa shape index (κ1) is 18.1. The third-order valence-electron chi connectivity index (χ3n) is 3.16. The van der Waals surface area contributed by atoms with Gasteiger partial charge in [0.15, 0.2) is 0 Å². The van der Waals surface area contributed by atoms with Gasteiger partial charge in [0.25, 0.3) is 0 Å². The molecule has 0 aliphatic rings. The van der Waals surface area contributed by atoms with Crippen molar-refractivity contribution in [1.29, 1.82) is 0 Å². The van der Waals surface area contributed by atoms with E-state index < -0.39 is 11.2 Å². The van der Waals surface area contributed by atoms with Gasteiger partial charge < -0.3 is 20.3 Å². The second-order valence-corrected chi connectivity index (χ2v) is 5.04. The van der Waals surface area contributed by atoms with Crippen LogP contribution < -0.4 is 0 Å². The van der Waals surface area contributed by atoms with Gasteiger partial charge in [-0.2, -0.15) is 0 Å². The fraction of sp³-hybridized carbons (Fsp3) is 0.538. The second kappa shape index (κ2) is 7.60. The Morgan fingerprint density at radius 2 is 1.58 bits per heavy atom. The molecule has 6 heteroatoms. The highest BCUT2D eigenvalue weighted by Crippen LogP contribution is 2.26. The Morgan fingerprint density at radius 3 is 2.00 bits per heavy atom. The molecular weight excluding hydrogens is 250 g/mol. The summed E-state index contributed by atoms with van der Waals surface area (Å²) in [6.45, 7) is 4.66. The lowest BCUT2D eigenvalue weighted by molar-refractivity contribution is -0.123. The molecule has 0 fully saturated rings. The highest BCUT2D eigenvalue weighted by molar-refractivity contribution is 6.13. The fourth-order valence-corrected chi connectivity index (χ4v) is 1.39. The molecule has 1 atom stereocenters. The molecule has 0 heterocycles. The van der Waals surface area contributed by atoms with Crippen LogP contribution in [0.3, 0.4) is 0 Å². The molecule has 1 rings (SSSR count). The summed E-state index contributed by atoms with van der Waals surface area (Å²) in [5, 5.41) is 33.8. The van der Waals surface area contributed by atoms with Crippen LogP contribution in [0.4, 0.5) is 4.39 Å². The summed E-state index contributed by atoms with van der Waals surface area (Å²) in [7, 11) is 0. The molecule has 0 aliphatic heterocycles. The van der Waals surface area contributed by atoms with Crippen LogP contribution in [0.25, 0.3) is 0 Å². The molecule has 1 radical (unpaired) electrons. The third-order valence-corrected chi connectivity index (χ3v) is 3.16. The predicted octanol–water partition coefficient (Wildman–Crippen LogP) is 0.785. The van der Waals surface area contributed by atoms with Crippen molar-refractivity contribution in [3.8, 4) is 0 Å². The lowest BCUT2D eigenvalue weighted by atomic mass is 9.83. The summed E-state index contributed by atoms with van der Waals surface area (Å²) >= 11 is 0. The standard InChI is InChI=1S/C13H19FO2.BH2O2/c1-12(2,15)13(3,16)9-8-10-6-4-5-7-11(10)14;2-1-3/h4-7,15-16H,8-9H2,1-3H3;2-3H. The molecule has 0 aliphatic carbocycles. The van der Waals surface area contributed by atoms with Crippen LogP contribution in [0, 0.1) is 5.82 Å². The van der Waals surface area contributed by atoms with Crippen LogP contribution in [-0.2, 0) is 6.42 Å². The molecule has 0 aromatic heterocycles. The van der Waals surface area contributed by atoms with Gasteiger partial charge in [-0.3, -0.25) is 0 Å². The lowest BCUT2D eigenvalue weighted by Crippen LogP contribution is -2.47. The molecule has 107 valence electrons. The SMILES string of the molecule is CC(C)(O)C(C)(O)CCc1ccccc1F.O[B]O. The summed E-state index contributed by atoms with van der Waals surface area (Å²) in [6.07, 6.45) is 0.723. The molecule has 0 saturated carbocycles. The van der Waals surface area contributed by atoms with E-state index in [2.05, 4.69) is 0 Å². The smallest absolute Gasteiger partial charge is 0.429 e. The molecule has 0 bridgehead atoms.